The van der Waals surface area contributed by atoms with Gasteiger partial charge >= 0.3 is 0 Å². The van der Waals surface area contributed by atoms with Crippen LogP contribution in [0.2, 0.25) is 0 Å². The highest BCUT2D eigenvalue weighted by Gasteiger charge is 2.22. The molecule has 0 aromatic heterocycles. The molecule has 1 rings (SSSR count). The Kier molecular flexibility index (Phi) is 8.75. The van der Waals surface area contributed by atoms with Gasteiger partial charge < -0.3 is 15.5 Å². The molecule has 1 atom stereocenters. The van der Waals surface area contributed by atoms with E-state index in [-0.39, 0.29) is 30.8 Å². The van der Waals surface area contributed by atoms with Crippen LogP contribution >= 0.6 is 12.4 Å². The highest BCUT2D eigenvalue weighted by Crippen LogP contribution is 2.13. The fourth-order valence-corrected chi connectivity index (χ4v) is 2.08. The van der Waals surface area contributed by atoms with Crippen LogP contribution in [0, 0.1) is 5.92 Å². The summed E-state index contributed by atoms with van der Waals surface area (Å²) in [7, 11) is 1.60. The van der Waals surface area contributed by atoms with Crippen molar-refractivity contribution in [3.63, 3.8) is 0 Å². The predicted molar refractivity (Wildman–Crippen MR) is 73.8 cm³/mol. The summed E-state index contributed by atoms with van der Waals surface area (Å²) >= 11 is 0. The molecular formula is C12H24ClN3O2. The van der Waals surface area contributed by atoms with Gasteiger partial charge in [0.2, 0.25) is 11.8 Å². The molecular weight excluding hydrogens is 254 g/mol. The van der Waals surface area contributed by atoms with Crippen LogP contribution in [0.25, 0.3) is 0 Å². The van der Waals surface area contributed by atoms with Gasteiger partial charge in [-0.05, 0) is 31.8 Å². The minimum absolute atomic E-state index is 0. The molecule has 106 valence electrons. The number of hydrogen-bond acceptors (Lipinski definition) is 3. The van der Waals surface area contributed by atoms with Crippen LogP contribution in [0.3, 0.4) is 0 Å². The van der Waals surface area contributed by atoms with Crippen molar-refractivity contribution < 1.29 is 9.59 Å². The fraction of sp³-hybridized carbons (Fsp3) is 0.833. The number of likely N-dealkylation sites (N-methyl/N-ethyl adjacent to an activating group) is 1. The molecule has 0 aromatic rings. The Balaban J connectivity index is 0.00000289. The third-order valence-corrected chi connectivity index (χ3v) is 3.09. The second-order valence-corrected chi connectivity index (χ2v) is 4.55. The van der Waals surface area contributed by atoms with Crippen LogP contribution in [0.1, 0.15) is 26.2 Å². The molecule has 0 saturated carbocycles. The maximum Gasteiger partial charge on any atom is 0.239 e. The average molecular weight is 278 g/mol. The first kappa shape index (κ1) is 17.2. The van der Waals surface area contributed by atoms with E-state index in [1.807, 2.05) is 6.92 Å². The van der Waals surface area contributed by atoms with Crippen LogP contribution < -0.4 is 10.6 Å². The van der Waals surface area contributed by atoms with Crippen LogP contribution in [-0.2, 0) is 9.59 Å². The highest BCUT2D eigenvalue weighted by atomic mass is 35.5. The first-order chi connectivity index (χ1) is 8.17. The summed E-state index contributed by atoms with van der Waals surface area (Å²) in [5.74, 6) is 0.437. The monoisotopic (exact) mass is 277 g/mol. The van der Waals surface area contributed by atoms with Crippen molar-refractivity contribution in [2.75, 3.05) is 33.2 Å². The van der Waals surface area contributed by atoms with Gasteiger partial charge in [-0.3, -0.25) is 9.59 Å². The van der Waals surface area contributed by atoms with Gasteiger partial charge in [-0.1, -0.05) is 6.92 Å². The summed E-state index contributed by atoms with van der Waals surface area (Å²) in [5.41, 5.74) is 0. The van der Waals surface area contributed by atoms with Gasteiger partial charge in [-0.15, -0.1) is 12.4 Å². The van der Waals surface area contributed by atoms with E-state index in [2.05, 4.69) is 10.6 Å². The van der Waals surface area contributed by atoms with E-state index in [0.29, 0.717) is 18.9 Å². The van der Waals surface area contributed by atoms with Crippen LogP contribution in [0.5, 0.6) is 0 Å². The molecule has 1 aliphatic rings. The Bertz CT molecular complexity index is 268. The second-order valence-electron chi connectivity index (χ2n) is 4.55. The molecule has 0 bridgehead atoms. The molecule has 18 heavy (non-hydrogen) atoms. The lowest BCUT2D eigenvalue weighted by Gasteiger charge is -2.22. The Hall–Kier alpha value is -0.810. The van der Waals surface area contributed by atoms with Gasteiger partial charge in [-0.2, -0.15) is 0 Å². The number of amides is 2. The van der Waals surface area contributed by atoms with E-state index in [9.17, 15) is 9.59 Å². The van der Waals surface area contributed by atoms with Gasteiger partial charge in [0.05, 0.1) is 6.54 Å². The molecule has 0 aromatic carbocycles. The third kappa shape index (κ3) is 5.69. The van der Waals surface area contributed by atoms with Gasteiger partial charge in [0.25, 0.3) is 0 Å². The minimum Gasteiger partial charge on any atom is -0.358 e. The molecule has 2 amide bonds. The number of rotatable bonds is 6. The normalized spacial score (nSPS) is 18.0. The zero-order chi connectivity index (χ0) is 12.7. The van der Waals surface area contributed by atoms with Crippen LogP contribution in [0.15, 0.2) is 0 Å². The number of carbonyl (C=O) groups excluding carboxylic acids is 2. The molecule has 0 spiro atoms. The topological polar surface area (TPSA) is 61.4 Å². The second kappa shape index (κ2) is 9.16. The molecule has 1 heterocycles. The molecule has 6 heteroatoms. The molecule has 2 N–H and O–H groups in total. The predicted octanol–water partition coefficient (Wildman–Crippen LogP) is 0.392. The molecule has 1 saturated heterocycles. The van der Waals surface area contributed by atoms with Crippen LogP contribution in [-0.4, -0.2) is 49.9 Å². The van der Waals surface area contributed by atoms with Crippen molar-refractivity contribution >= 4 is 24.2 Å². The van der Waals surface area contributed by atoms with Crippen molar-refractivity contribution in [2.24, 2.45) is 5.92 Å². The highest BCUT2D eigenvalue weighted by molar-refractivity contribution is 5.85. The molecule has 0 aliphatic carbocycles. The summed E-state index contributed by atoms with van der Waals surface area (Å²) in [5, 5.41) is 5.81. The smallest absolute Gasteiger partial charge is 0.239 e. The first-order valence-electron chi connectivity index (χ1n) is 6.36. The molecule has 1 aliphatic heterocycles. The van der Waals surface area contributed by atoms with E-state index >= 15 is 0 Å². The average Bonchev–Trinajstić information content (AvgIpc) is 2.81. The van der Waals surface area contributed by atoms with Crippen molar-refractivity contribution in [1.29, 1.82) is 0 Å². The van der Waals surface area contributed by atoms with Gasteiger partial charge in [0.15, 0.2) is 0 Å². The van der Waals surface area contributed by atoms with E-state index in [1.54, 1.807) is 11.9 Å². The summed E-state index contributed by atoms with van der Waals surface area (Å²) < 4.78 is 0. The molecule has 0 radical (unpaired) electrons. The molecule has 5 nitrogen and oxygen atoms in total. The lowest BCUT2D eigenvalue weighted by atomic mass is 10.0. The maximum absolute atomic E-state index is 12.1. The van der Waals surface area contributed by atoms with Crippen LogP contribution in [0.4, 0.5) is 0 Å². The van der Waals surface area contributed by atoms with Crippen molar-refractivity contribution in [3.05, 3.63) is 0 Å². The number of hydrogen-bond donors (Lipinski definition) is 2. The van der Waals surface area contributed by atoms with Crippen molar-refractivity contribution in [1.82, 2.24) is 15.5 Å². The van der Waals surface area contributed by atoms with Gasteiger partial charge in [0.1, 0.15) is 0 Å². The van der Waals surface area contributed by atoms with Crippen molar-refractivity contribution in [2.45, 2.75) is 26.2 Å². The summed E-state index contributed by atoms with van der Waals surface area (Å²) in [6.07, 6.45) is 2.50. The summed E-state index contributed by atoms with van der Waals surface area (Å²) in [4.78, 5) is 25.0. The number of carbonyl (C=O) groups is 2. The van der Waals surface area contributed by atoms with Gasteiger partial charge in [-0.25, -0.2) is 0 Å². The third-order valence-electron chi connectivity index (χ3n) is 3.09. The minimum atomic E-state index is -0.101. The Morgan fingerprint density at radius 2 is 2.17 bits per heavy atom. The Labute approximate surface area is 115 Å². The molecule has 1 fully saturated rings. The zero-order valence-corrected chi connectivity index (χ0v) is 12.0. The van der Waals surface area contributed by atoms with E-state index < -0.39 is 0 Å². The van der Waals surface area contributed by atoms with Crippen molar-refractivity contribution in [3.8, 4) is 0 Å². The quantitative estimate of drug-likeness (QED) is 0.738. The van der Waals surface area contributed by atoms with Gasteiger partial charge in [0, 0.05) is 20.0 Å². The number of nitrogens with one attached hydrogen (secondary N) is 2. The van der Waals surface area contributed by atoms with E-state index in [4.69, 9.17) is 0 Å². The maximum atomic E-state index is 12.1. The van der Waals surface area contributed by atoms with E-state index in [1.165, 1.54) is 0 Å². The summed E-state index contributed by atoms with van der Waals surface area (Å²) in [6.45, 7) is 4.78. The Morgan fingerprint density at radius 3 is 2.67 bits per heavy atom. The van der Waals surface area contributed by atoms with E-state index in [0.717, 1.165) is 25.9 Å². The fourth-order valence-electron chi connectivity index (χ4n) is 2.08. The Morgan fingerprint density at radius 1 is 1.44 bits per heavy atom. The standard InChI is InChI=1S/C12H23N3O2.ClH/c1-3-6-15(9-11(16)13-2)12(17)7-10-4-5-14-8-10;/h10,14H,3-9H2,1-2H3,(H,13,16);1H. The summed E-state index contributed by atoms with van der Waals surface area (Å²) in [6, 6.07) is 0. The number of nitrogens with zero attached hydrogens (tertiary/aromatic N) is 1. The lowest BCUT2D eigenvalue weighted by Crippen LogP contribution is -2.40. The lowest BCUT2D eigenvalue weighted by molar-refractivity contribution is -0.136. The largest absolute Gasteiger partial charge is 0.358 e. The first-order valence-corrected chi connectivity index (χ1v) is 6.36. The SMILES string of the molecule is CCCN(CC(=O)NC)C(=O)CC1CCNC1.Cl. The molecule has 1 unspecified atom stereocenters. The zero-order valence-electron chi connectivity index (χ0n) is 11.2. The number of halogens is 1.